The summed E-state index contributed by atoms with van der Waals surface area (Å²) < 4.78 is 10.8. The van der Waals surface area contributed by atoms with Crippen molar-refractivity contribution in [1.29, 1.82) is 5.26 Å². The van der Waals surface area contributed by atoms with Gasteiger partial charge in [-0.1, -0.05) is 31.7 Å². The van der Waals surface area contributed by atoms with Gasteiger partial charge in [-0.05, 0) is 66.6 Å². The molecule has 0 atom stereocenters. The Morgan fingerprint density at radius 1 is 1.21 bits per heavy atom. The van der Waals surface area contributed by atoms with Crippen LogP contribution in [0.25, 0.3) is 16.3 Å². The van der Waals surface area contributed by atoms with Crippen LogP contribution in [0.2, 0.25) is 0 Å². The third kappa shape index (κ3) is 4.50. The number of ether oxygens (including phenoxy) is 2. The molecule has 0 aliphatic heterocycles. The third-order valence-corrected chi connectivity index (χ3v) is 4.48. The van der Waals surface area contributed by atoms with Crippen LogP contribution in [-0.4, -0.2) is 19.2 Å². The quantitative estimate of drug-likeness (QED) is 0.558. The van der Waals surface area contributed by atoms with Crippen molar-refractivity contribution in [1.82, 2.24) is 4.98 Å². The summed E-state index contributed by atoms with van der Waals surface area (Å²) in [4.78, 5) is 4.58. The van der Waals surface area contributed by atoms with Crippen LogP contribution in [0.4, 0.5) is 0 Å². The molecule has 0 spiro atoms. The molecule has 2 aromatic rings. The van der Waals surface area contributed by atoms with Crippen molar-refractivity contribution in [2.75, 3.05) is 14.2 Å². The lowest BCUT2D eigenvalue weighted by atomic mass is 10.0. The van der Waals surface area contributed by atoms with Gasteiger partial charge in [0.05, 0.1) is 19.9 Å². The number of pyridine rings is 1. The molecule has 0 amide bonds. The first-order valence-electron chi connectivity index (χ1n) is 9.16. The number of aromatic nitrogens is 1. The molecule has 0 radical (unpaired) electrons. The highest BCUT2D eigenvalue weighted by molar-refractivity contribution is 5.92. The van der Waals surface area contributed by atoms with Crippen LogP contribution in [-0.2, 0) is 0 Å². The van der Waals surface area contributed by atoms with Crippen LogP contribution in [0.5, 0.6) is 11.5 Å². The van der Waals surface area contributed by atoms with E-state index in [2.05, 4.69) is 30.6 Å². The number of allylic oxidation sites excluding steroid dienone is 7. The monoisotopic (exact) mass is 374 g/mol. The fourth-order valence-electron chi connectivity index (χ4n) is 2.84. The Morgan fingerprint density at radius 3 is 2.46 bits per heavy atom. The number of rotatable bonds is 7. The molecule has 0 aliphatic carbocycles. The van der Waals surface area contributed by atoms with Crippen molar-refractivity contribution < 1.29 is 9.47 Å². The maximum absolute atomic E-state index is 9.63. The SMILES string of the molecule is C=C(C=CCC)C(C)=CC(=CC)c1cc2cc(OC)c(OC)cc2c(C#N)n1. The van der Waals surface area contributed by atoms with E-state index in [1.807, 2.05) is 44.2 Å². The first-order chi connectivity index (χ1) is 13.5. The summed E-state index contributed by atoms with van der Waals surface area (Å²) >= 11 is 0. The molecule has 0 N–H and O–H groups in total. The Kier molecular flexibility index (Phi) is 7.17. The van der Waals surface area contributed by atoms with E-state index in [4.69, 9.17) is 9.47 Å². The van der Waals surface area contributed by atoms with E-state index < -0.39 is 0 Å². The average Bonchev–Trinajstić information content (AvgIpc) is 2.73. The molecule has 0 bridgehead atoms. The second-order valence-electron chi connectivity index (χ2n) is 6.30. The van der Waals surface area contributed by atoms with E-state index in [9.17, 15) is 5.26 Å². The minimum Gasteiger partial charge on any atom is -0.493 e. The molecule has 144 valence electrons. The minimum atomic E-state index is 0.351. The Hall–Kier alpha value is -3.32. The van der Waals surface area contributed by atoms with Crippen molar-refractivity contribution in [2.45, 2.75) is 27.2 Å². The van der Waals surface area contributed by atoms with Crippen molar-refractivity contribution in [3.63, 3.8) is 0 Å². The summed E-state index contributed by atoms with van der Waals surface area (Å²) in [5, 5.41) is 11.2. The molecule has 28 heavy (non-hydrogen) atoms. The zero-order chi connectivity index (χ0) is 20.7. The number of nitriles is 1. The van der Waals surface area contributed by atoms with Crippen molar-refractivity contribution in [3.05, 3.63) is 71.6 Å². The Morgan fingerprint density at radius 2 is 1.89 bits per heavy atom. The molecule has 4 nitrogen and oxygen atoms in total. The molecule has 2 rings (SSSR count). The number of hydrogen-bond acceptors (Lipinski definition) is 4. The van der Waals surface area contributed by atoms with E-state index in [1.165, 1.54) is 0 Å². The van der Waals surface area contributed by atoms with E-state index in [1.54, 1.807) is 20.3 Å². The van der Waals surface area contributed by atoms with Gasteiger partial charge < -0.3 is 9.47 Å². The zero-order valence-corrected chi connectivity index (χ0v) is 17.2. The predicted octanol–water partition coefficient (Wildman–Crippen LogP) is 6.00. The van der Waals surface area contributed by atoms with Gasteiger partial charge in [0, 0.05) is 5.39 Å². The van der Waals surface area contributed by atoms with Crippen LogP contribution in [0.3, 0.4) is 0 Å². The summed E-state index contributed by atoms with van der Waals surface area (Å²) in [6.45, 7) is 10.2. The second-order valence-corrected chi connectivity index (χ2v) is 6.30. The number of hydrogen-bond donors (Lipinski definition) is 0. The summed E-state index contributed by atoms with van der Waals surface area (Å²) in [7, 11) is 3.17. The van der Waals surface area contributed by atoms with Gasteiger partial charge in [0.2, 0.25) is 0 Å². The fourth-order valence-corrected chi connectivity index (χ4v) is 2.84. The van der Waals surface area contributed by atoms with Gasteiger partial charge in [-0.3, -0.25) is 0 Å². The largest absolute Gasteiger partial charge is 0.493 e. The molecule has 0 saturated carbocycles. The number of nitrogens with zero attached hydrogens (tertiary/aromatic N) is 2. The highest BCUT2D eigenvalue weighted by Crippen LogP contribution is 2.34. The van der Waals surface area contributed by atoms with E-state index in [-0.39, 0.29) is 0 Å². The van der Waals surface area contributed by atoms with Crippen LogP contribution in [0.15, 0.2) is 60.2 Å². The number of benzene rings is 1. The summed E-state index contributed by atoms with van der Waals surface area (Å²) in [6, 6.07) is 7.82. The lowest BCUT2D eigenvalue weighted by molar-refractivity contribution is 0.356. The van der Waals surface area contributed by atoms with Crippen molar-refractivity contribution in [3.8, 4) is 17.6 Å². The van der Waals surface area contributed by atoms with Crippen LogP contribution >= 0.6 is 0 Å². The van der Waals surface area contributed by atoms with E-state index >= 15 is 0 Å². The van der Waals surface area contributed by atoms with Crippen molar-refractivity contribution in [2.24, 2.45) is 0 Å². The molecular formula is C24H26N2O2. The first-order valence-corrected chi connectivity index (χ1v) is 9.16. The molecule has 1 aromatic heterocycles. The van der Waals surface area contributed by atoms with Gasteiger partial charge in [-0.25, -0.2) is 4.98 Å². The standard InChI is InChI=1S/C24H26N2O2/c1-7-9-10-16(3)17(4)11-18(8-2)21-12-19-13-23(27-5)24(28-6)14-20(19)22(15-25)26-21/h8-14H,3,7H2,1-2,4-6H3. The Labute approximate surface area is 167 Å². The Balaban J connectivity index is 2.61. The smallest absolute Gasteiger partial charge is 0.161 e. The highest BCUT2D eigenvalue weighted by Gasteiger charge is 2.13. The van der Waals surface area contributed by atoms with Gasteiger partial charge in [-0.2, -0.15) is 5.26 Å². The molecular weight excluding hydrogens is 348 g/mol. The van der Waals surface area contributed by atoms with Crippen molar-refractivity contribution >= 4 is 16.3 Å². The van der Waals surface area contributed by atoms with Crippen LogP contribution in [0, 0.1) is 11.3 Å². The molecule has 0 fully saturated rings. The molecule has 1 heterocycles. The minimum absolute atomic E-state index is 0.351. The molecule has 0 aliphatic rings. The third-order valence-electron chi connectivity index (χ3n) is 4.48. The topological polar surface area (TPSA) is 55.1 Å². The van der Waals surface area contributed by atoms with Gasteiger partial charge in [-0.15, -0.1) is 0 Å². The normalized spacial score (nSPS) is 12.3. The maximum Gasteiger partial charge on any atom is 0.161 e. The van der Waals surface area contributed by atoms with E-state index in [0.717, 1.165) is 39.6 Å². The first kappa shape index (κ1) is 21.0. The highest BCUT2D eigenvalue weighted by atomic mass is 16.5. The van der Waals surface area contributed by atoms with Crippen LogP contribution in [0.1, 0.15) is 38.6 Å². The summed E-state index contributed by atoms with van der Waals surface area (Å²) in [6.07, 6.45) is 9.09. The maximum atomic E-state index is 9.63. The number of fused-ring (bicyclic) bond motifs is 1. The van der Waals surface area contributed by atoms with E-state index in [0.29, 0.717) is 17.2 Å². The molecule has 1 aromatic carbocycles. The summed E-state index contributed by atoms with van der Waals surface area (Å²) in [5.41, 5.74) is 4.00. The second kappa shape index (κ2) is 9.57. The van der Waals surface area contributed by atoms with Crippen LogP contribution < -0.4 is 9.47 Å². The molecule has 4 heteroatoms. The van der Waals surface area contributed by atoms with Gasteiger partial charge in [0.15, 0.2) is 11.5 Å². The van der Waals surface area contributed by atoms with Gasteiger partial charge in [0.25, 0.3) is 0 Å². The van der Waals surface area contributed by atoms with Gasteiger partial charge >= 0.3 is 0 Å². The number of methoxy groups -OCH3 is 2. The average molecular weight is 374 g/mol. The van der Waals surface area contributed by atoms with Gasteiger partial charge in [0.1, 0.15) is 11.8 Å². The zero-order valence-electron chi connectivity index (χ0n) is 17.2. The fraction of sp³-hybridized carbons (Fsp3) is 0.250. The predicted molar refractivity (Wildman–Crippen MR) is 116 cm³/mol. The summed E-state index contributed by atoms with van der Waals surface area (Å²) in [5.74, 6) is 1.19. The Bertz CT molecular complexity index is 1020. The molecule has 0 saturated heterocycles. The lowest BCUT2D eigenvalue weighted by Crippen LogP contribution is -1.96. The molecule has 0 unspecified atom stereocenters. The lowest BCUT2D eigenvalue weighted by Gasteiger charge is -2.12.